The van der Waals surface area contributed by atoms with E-state index in [-0.39, 0.29) is 0 Å². The first-order chi connectivity index (χ1) is 5.90. The van der Waals surface area contributed by atoms with Crippen LogP contribution in [0.3, 0.4) is 0 Å². The van der Waals surface area contributed by atoms with Crippen molar-refractivity contribution in [3.63, 3.8) is 0 Å². The molecule has 0 amide bonds. The lowest BCUT2D eigenvalue weighted by atomic mass is 10.3. The average molecular weight is 178 g/mol. The van der Waals surface area contributed by atoms with E-state index < -0.39 is 0 Å². The van der Waals surface area contributed by atoms with Gasteiger partial charge < -0.3 is 4.42 Å². The first kappa shape index (κ1) is 7.31. The van der Waals surface area contributed by atoms with E-state index >= 15 is 0 Å². The van der Waals surface area contributed by atoms with Crippen molar-refractivity contribution in [3.05, 3.63) is 35.4 Å². The largest absolute Gasteiger partial charge is 0.463 e. The highest BCUT2D eigenvalue weighted by molar-refractivity contribution is 7.13. The van der Waals surface area contributed by atoms with Gasteiger partial charge in [0.15, 0.2) is 6.29 Å². The van der Waals surface area contributed by atoms with E-state index in [1.54, 1.807) is 17.4 Å². The van der Waals surface area contributed by atoms with Gasteiger partial charge in [-0.2, -0.15) is 0 Å². The van der Waals surface area contributed by atoms with Gasteiger partial charge in [-0.25, -0.2) is 0 Å². The summed E-state index contributed by atoms with van der Waals surface area (Å²) in [6.07, 6.45) is 2.24. The maximum atomic E-state index is 10.3. The molecule has 0 N–H and O–H groups in total. The summed E-state index contributed by atoms with van der Waals surface area (Å²) in [6.45, 7) is 0. The van der Waals surface area contributed by atoms with E-state index in [1.165, 1.54) is 6.26 Å². The van der Waals surface area contributed by atoms with E-state index in [0.29, 0.717) is 5.56 Å². The molecule has 0 bridgehead atoms. The molecule has 0 aliphatic heterocycles. The second-order valence-corrected chi connectivity index (χ2v) is 3.29. The summed E-state index contributed by atoms with van der Waals surface area (Å²) in [5.41, 5.74) is 0.582. The predicted octanol–water partition coefficient (Wildman–Crippen LogP) is 2.82. The second kappa shape index (κ2) is 2.95. The van der Waals surface area contributed by atoms with Gasteiger partial charge in [-0.1, -0.05) is 6.07 Å². The minimum atomic E-state index is 0.582. The highest BCUT2D eigenvalue weighted by Crippen LogP contribution is 2.25. The Balaban J connectivity index is 2.41. The Morgan fingerprint density at radius 2 is 2.42 bits per heavy atom. The van der Waals surface area contributed by atoms with Gasteiger partial charge in [-0.3, -0.25) is 4.79 Å². The molecule has 0 aliphatic rings. The van der Waals surface area contributed by atoms with Crippen LogP contribution in [0.1, 0.15) is 10.4 Å². The van der Waals surface area contributed by atoms with Crippen LogP contribution in [0.15, 0.2) is 34.3 Å². The van der Waals surface area contributed by atoms with Gasteiger partial charge in [-0.05, 0) is 17.5 Å². The zero-order chi connectivity index (χ0) is 8.39. The molecule has 0 saturated heterocycles. The van der Waals surface area contributed by atoms with Crippen molar-refractivity contribution in [2.24, 2.45) is 0 Å². The number of aldehydes is 1. The molecule has 12 heavy (non-hydrogen) atoms. The molecular weight excluding hydrogens is 172 g/mol. The maximum absolute atomic E-state index is 10.3. The molecular formula is C9H6O2S. The molecule has 0 aliphatic carbocycles. The third-order valence-corrected chi connectivity index (χ3v) is 2.40. The monoisotopic (exact) mass is 178 g/mol. The molecule has 60 valence electrons. The van der Waals surface area contributed by atoms with Gasteiger partial charge in [-0.15, -0.1) is 11.3 Å². The Labute approximate surface area is 73.4 Å². The molecule has 0 spiro atoms. The number of carbonyl (C=O) groups is 1. The zero-order valence-corrected chi connectivity index (χ0v) is 7.01. The smallest absolute Gasteiger partial charge is 0.153 e. The van der Waals surface area contributed by atoms with Gasteiger partial charge in [0.25, 0.3) is 0 Å². The fourth-order valence-electron chi connectivity index (χ4n) is 0.961. The zero-order valence-electron chi connectivity index (χ0n) is 6.19. The number of hydrogen-bond acceptors (Lipinski definition) is 3. The third-order valence-electron chi connectivity index (χ3n) is 1.52. The molecule has 0 unspecified atom stereocenters. The first-order valence-corrected chi connectivity index (χ1v) is 4.36. The quantitative estimate of drug-likeness (QED) is 0.662. The van der Waals surface area contributed by atoms with Crippen molar-refractivity contribution in [1.29, 1.82) is 0 Å². The van der Waals surface area contributed by atoms with Gasteiger partial charge >= 0.3 is 0 Å². The molecule has 0 atom stereocenters. The lowest BCUT2D eigenvalue weighted by Gasteiger charge is -1.85. The van der Waals surface area contributed by atoms with E-state index in [0.717, 1.165) is 16.9 Å². The highest BCUT2D eigenvalue weighted by atomic mass is 32.1. The maximum Gasteiger partial charge on any atom is 0.153 e. The van der Waals surface area contributed by atoms with Crippen molar-refractivity contribution in [2.45, 2.75) is 0 Å². The molecule has 2 heterocycles. The van der Waals surface area contributed by atoms with Crippen molar-refractivity contribution < 1.29 is 9.21 Å². The number of carbonyl (C=O) groups excluding carboxylic acids is 1. The van der Waals surface area contributed by atoms with Crippen LogP contribution in [0, 0.1) is 0 Å². The minimum absolute atomic E-state index is 0.582. The number of hydrogen-bond donors (Lipinski definition) is 0. The van der Waals surface area contributed by atoms with Crippen LogP contribution in [-0.4, -0.2) is 6.29 Å². The summed E-state index contributed by atoms with van der Waals surface area (Å²) in [6, 6.07) is 5.64. The number of thiophene rings is 1. The van der Waals surface area contributed by atoms with Gasteiger partial charge in [0, 0.05) is 0 Å². The van der Waals surface area contributed by atoms with Crippen molar-refractivity contribution in [2.75, 3.05) is 0 Å². The van der Waals surface area contributed by atoms with E-state index in [1.807, 2.05) is 17.5 Å². The lowest BCUT2D eigenvalue weighted by Crippen LogP contribution is -1.67. The summed E-state index contributed by atoms with van der Waals surface area (Å²) in [7, 11) is 0. The van der Waals surface area contributed by atoms with Gasteiger partial charge in [0.05, 0.1) is 10.4 Å². The molecule has 0 saturated carbocycles. The lowest BCUT2D eigenvalue weighted by molar-refractivity contribution is 0.112. The number of furan rings is 1. The Morgan fingerprint density at radius 3 is 3.00 bits per heavy atom. The van der Waals surface area contributed by atoms with Crippen molar-refractivity contribution >= 4 is 17.6 Å². The highest BCUT2D eigenvalue weighted by Gasteiger charge is 2.03. The molecule has 2 aromatic rings. The van der Waals surface area contributed by atoms with E-state index in [9.17, 15) is 4.79 Å². The second-order valence-electron chi connectivity index (χ2n) is 2.34. The minimum Gasteiger partial charge on any atom is -0.463 e. The van der Waals surface area contributed by atoms with Gasteiger partial charge in [0.1, 0.15) is 12.0 Å². The van der Waals surface area contributed by atoms with Crippen LogP contribution in [0.5, 0.6) is 0 Å². The van der Waals surface area contributed by atoms with Crippen LogP contribution < -0.4 is 0 Å². The Bertz CT molecular complexity index is 373. The van der Waals surface area contributed by atoms with Crippen LogP contribution >= 0.6 is 11.3 Å². The number of rotatable bonds is 2. The summed E-state index contributed by atoms with van der Waals surface area (Å²) < 4.78 is 5.18. The fraction of sp³-hybridized carbons (Fsp3) is 0. The molecule has 0 radical (unpaired) electrons. The molecule has 3 heteroatoms. The SMILES string of the molecule is O=Cc1coc(-c2cccs2)c1. The van der Waals surface area contributed by atoms with Crippen molar-refractivity contribution in [1.82, 2.24) is 0 Å². The topological polar surface area (TPSA) is 30.2 Å². The standard InChI is InChI=1S/C9H6O2S/c10-5-7-4-8(11-6-7)9-2-1-3-12-9/h1-6H. The molecule has 0 aromatic carbocycles. The Hall–Kier alpha value is -1.35. The van der Waals surface area contributed by atoms with Crippen LogP contribution in [0.4, 0.5) is 0 Å². The summed E-state index contributed by atoms with van der Waals surface area (Å²) in [5, 5.41) is 1.97. The third kappa shape index (κ3) is 1.19. The van der Waals surface area contributed by atoms with E-state index in [4.69, 9.17) is 4.42 Å². The van der Waals surface area contributed by atoms with Crippen LogP contribution in [0.2, 0.25) is 0 Å². The fourth-order valence-corrected chi connectivity index (χ4v) is 1.64. The summed E-state index contributed by atoms with van der Waals surface area (Å²) in [4.78, 5) is 11.4. The molecule has 2 rings (SSSR count). The molecule has 2 aromatic heterocycles. The van der Waals surface area contributed by atoms with Crippen LogP contribution in [-0.2, 0) is 0 Å². The Morgan fingerprint density at radius 1 is 1.50 bits per heavy atom. The molecule has 0 fully saturated rings. The van der Waals surface area contributed by atoms with Gasteiger partial charge in [0.2, 0.25) is 0 Å². The van der Waals surface area contributed by atoms with Crippen molar-refractivity contribution in [3.8, 4) is 10.6 Å². The summed E-state index contributed by atoms with van der Waals surface area (Å²) in [5.74, 6) is 0.757. The Kier molecular flexibility index (Phi) is 1.80. The molecule has 2 nitrogen and oxygen atoms in total. The van der Waals surface area contributed by atoms with Crippen LogP contribution in [0.25, 0.3) is 10.6 Å². The average Bonchev–Trinajstić information content (AvgIpc) is 2.75. The van der Waals surface area contributed by atoms with E-state index in [2.05, 4.69) is 0 Å². The predicted molar refractivity (Wildman–Crippen MR) is 47.4 cm³/mol. The first-order valence-electron chi connectivity index (χ1n) is 3.48. The summed E-state index contributed by atoms with van der Waals surface area (Å²) >= 11 is 1.59. The normalized spacial score (nSPS) is 10.0.